The second-order valence-corrected chi connectivity index (χ2v) is 10.4. The number of amides is 1. The Morgan fingerprint density at radius 2 is 1.76 bits per heavy atom. The molecule has 0 atom stereocenters. The Bertz CT molecular complexity index is 999. The largest absolute Gasteiger partial charge is 0.295 e. The number of halogens is 1. The molecule has 1 aromatic heterocycles. The standard InChI is InChI=1S/C22H25IN4O2/c1-13-19(20(28)27(26-13)18-4-2-17(23)3-5-18)12-24-25-21(29)22-9-14-6-15(10-22)8-16(7-14)11-22/h2-5,12,14-16,26H,6-11H2,1H3,(H,25,29)/b24-12-. The van der Waals surface area contributed by atoms with E-state index in [2.05, 4.69) is 38.2 Å². The number of nitrogens with one attached hydrogen (secondary N) is 2. The van der Waals surface area contributed by atoms with Crippen molar-refractivity contribution in [1.82, 2.24) is 15.2 Å². The van der Waals surface area contributed by atoms with Gasteiger partial charge in [-0.15, -0.1) is 0 Å². The van der Waals surface area contributed by atoms with Gasteiger partial charge in [-0.1, -0.05) is 0 Å². The molecule has 4 aliphatic carbocycles. The maximum atomic E-state index is 13.0. The monoisotopic (exact) mass is 504 g/mol. The molecule has 6 rings (SSSR count). The molecule has 0 saturated heterocycles. The van der Waals surface area contributed by atoms with Crippen molar-refractivity contribution in [3.8, 4) is 5.69 Å². The molecule has 4 bridgehead atoms. The Hall–Kier alpha value is -1.90. The zero-order valence-electron chi connectivity index (χ0n) is 16.5. The Labute approximate surface area is 183 Å². The molecular formula is C22H25IN4O2. The first-order valence-corrected chi connectivity index (χ1v) is 11.4. The third kappa shape index (κ3) is 3.37. The summed E-state index contributed by atoms with van der Waals surface area (Å²) in [4.78, 5) is 25.8. The molecule has 4 saturated carbocycles. The quantitative estimate of drug-likeness (QED) is 0.378. The van der Waals surface area contributed by atoms with Crippen molar-refractivity contribution < 1.29 is 4.79 Å². The van der Waals surface area contributed by atoms with Crippen LogP contribution in [0.2, 0.25) is 0 Å². The lowest BCUT2D eigenvalue weighted by atomic mass is 9.49. The molecule has 4 fully saturated rings. The van der Waals surface area contributed by atoms with Crippen LogP contribution in [0.3, 0.4) is 0 Å². The van der Waals surface area contributed by atoms with Gasteiger partial charge in [-0.25, -0.2) is 10.1 Å². The molecule has 4 aliphatic rings. The molecule has 0 unspecified atom stereocenters. The van der Waals surface area contributed by atoms with Gasteiger partial charge in [-0.2, -0.15) is 5.10 Å². The van der Waals surface area contributed by atoms with Crippen molar-refractivity contribution in [3.05, 3.63) is 49.4 Å². The second kappa shape index (κ2) is 7.11. The van der Waals surface area contributed by atoms with E-state index in [1.54, 1.807) is 0 Å². The van der Waals surface area contributed by atoms with E-state index in [4.69, 9.17) is 0 Å². The van der Waals surface area contributed by atoms with Crippen molar-refractivity contribution >= 4 is 34.7 Å². The number of hydrazone groups is 1. The van der Waals surface area contributed by atoms with E-state index >= 15 is 0 Å². The normalized spacial score (nSPS) is 30.2. The lowest BCUT2D eigenvalue weighted by Gasteiger charge is -2.55. The number of aryl methyl sites for hydroxylation is 1. The molecule has 6 nitrogen and oxygen atoms in total. The Kier molecular flexibility index (Phi) is 4.68. The average Bonchev–Trinajstić information content (AvgIpc) is 2.95. The Balaban J connectivity index is 1.33. The van der Waals surface area contributed by atoms with E-state index in [9.17, 15) is 9.59 Å². The SMILES string of the molecule is Cc1[nH]n(-c2ccc(I)cc2)c(=O)c1/C=N\NC(=O)C12CC3CC(CC(C3)C1)C2. The van der Waals surface area contributed by atoms with Crippen LogP contribution in [0.1, 0.15) is 49.8 Å². The van der Waals surface area contributed by atoms with E-state index in [1.165, 1.54) is 30.2 Å². The average molecular weight is 504 g/mol. The van der Waals surface area contributed by atoms with Crippen molar-refractivity contribution in [2.24, 2.45) is 28.3 Å². The molecule has 152 valence electrons. The van der Waals surface area contributed by atoms with Crippen LogP contribution >= 0.6 is 22.6 Å². The number of aromatic nitrogens is 2. The summed E-state index contributed by atoms with van der Waals surface area (Å²) < 4.78 is 2.62. The summed E-state index contributed by atoms with van der Waals surface area (Å²) >= 11 is 2.23. The number of nitrogens with zero attached hydrogens (tertiary/aromatic N) is 2. The van der Waals surface area contributed by atoms with Crippen LogP contribution in [0, 0.1) is 33.7 Å². The van der Waals surface area contributed by atoms with Gasteiger partial charge < -0.3 is 0 Å². The van der Waals surface area contributed by atoms with E-state index in [1.807, 2.05) is 31.2 Å². The first kappa shape index (κ1) is 19.1. The van der Waals surface area contributed by atoms with Crippen LogP contribution in [0.15, 0.2) is 34.2 Å². The van der Waals surface area contributed by atoms with E-state index in [0.717, 1.165) is 34.2 Å². The summed E-state index contributed by atoms with van der Waals surface area (Å²) in [6.45, 7) is 1.84. The van der Waals surface area contributed by atoms with Gasteiger partial charge in [0.2, 0.25) is 5.91 Å². The van der Waals surface area contributed by atoms with Crippen LogP contribution < -0.4 is 11.0 Å². The van der Waals surface area contributed by atoms with Crippen molar-refractivity contribution in [1.29, 1.82) is 0 Å². The van der Waals surface area contributed by atoms with Crippen molar-refractivity contribution in [2.45, 2.75) is 45.4 Å². The zero-order chi connectivity index (χ0) is 20.2. The molecule has 2 aromatic rings. The molecule has 1 amide bonds. The zero-order valence-corrected chi connectivity index (χ0v) is 18.6. The van der Waals surface area contributed by atoms with Crippen LogP contribution in [0.4, 0.5) is 0 Å². The van der Waals surface area contributed by atoms with Gasteiger partial charge in [0.15, 0.2) is 0 Å². The number of benzene rings is 1. The van der Waals surface area contributed by atoms with E-state index in [0.29, 0.717) is 23.3 Å². The summed E-state index contributed by atoms with van der Waals surface area (Å²) in [5, 5.41) is 7.28. The fourth-order valence-electron chi connectivity index (χ4n) is 6.15. The number of H-pyrrole nitrogens is 1. The van der Waals surface area contributed by atoms with E-state index < -0.39 is 0 Å². The van der Waals surface area contributed by atoms with E-state index in [-0.39, 0.29) is 16.9 Å². The minimum atomic E-state index is -0.235. The van der Waals surface area contributed by atoms with Crippen LogP contribution in [0.5, 0.6) is 0 Å². The summed E-state index contributed by atoms with van der Waals surface area (Å²) in [5.74, 6) is 2.18. The Morgan fingerprint density at radius 3 is 2.34 bits per heavy atom. The number of aromatic amines is 1. The highest BCUT2D eigenvalue weighted by Crippen LogP contribution is 2.60. The molecule has 1 aromatic carbocycles. The fraction of sp³-hybridized carbons (Fsp3) is 0.500. The van der Waals surface area contributed by atoms with Crippen molar-refractivity contribution in [2.75, 3.05) is 0 Å². The molecule has 1 heterocycles. The molecule has 0 radical (unpaired) electrons. The maximum absolute atomic E-state index is 13.0. The number of carbonyl (C=O) groups is 1. The maximum Gasteiger partial charge on any atom is 0.280 e. The Morgan fingerprint density at radius 1 is 1.17 bits per heavy atom. The van der Waals surface area contributed by atoms with Gasteiger partial charge in [0.25, 0.3) is 5.56 Å². The predicted molar refractivity (Wildman–Crippen MR) is 120 cm³/mol. The van der Waals surface area contributed by atoms with Gasteiger partial charge in [0.05, 0.1) is 22.9 Å². The first-order chi connectivity index (χ1) is 13.9. The lowest BCUT2D eigenvalue weighted by molar-refractivity contribution is -0.146. The summed E-state index contributed by atoms with van der Waals surface area (Å²) in [6, 6.07) is 7.71. The molecule has 0 spiro atoms. The number of hydrogen-bond donors (Lipinski definition) is 2. The summed E-state index contributed by atoms with van der Waals surface area (Å²) in [7, 11) is 0. The highest BCUT2D eigenvalue weighted by molar-refractivity contribution is 14.1. The lowest BCUT2D eigenvalue weighted by Crippen LogP contribution is -2.52. The van der Waals surface area contributed by atoms with Gasteiger partial charge in [-0.3, -0.25) is 14.7 Å². The molecular weight excluding hydrogens is 479 g/mol. The molecule has 2 N–H and O–H groups in total. The second-order valence-electron chi connectivity index (χ2n) is 9.16. The highest BCUT2D eigenvalue weighted by Gasteiger charge is 2.54. The van der Waals surface area contributed by atoms with Crippen LogP contribution in [-0.4, -0.2) is 21.9 Å². The highest BCUT2D eigenvalue weighted by atomic mass is 127. The van der Waals surface area contributed by atoms with Gasteiger partial charge >= 0.3 is 0 Å². The van der Waals surface area contributed by atoms with Gasteiger partial charge in [0, 0.05) is 9.26 Å². The van der Waals surface area contributed by atoms with Crippen LogP contribution in [-0.2, 0) is 4.79 Å². The minimum absolute atomic E-state index is 0.0407. The molecule has 0 aliphatic heterocycles. The van der Waals surface area contributed by atoms with Crippen LogP contribution in [0.25, 0.3) is 5.69 Å². The third-order valence-electron chi connectivity index (χ3n) is 7.08. The summed E-state index contributed by atoms with van der Waals surface area (Å²) in [5.41, 5.74) is 4.33. The first-order valence-electron chi connectivity index (χ1n) is 10.3. The smallest absolute Gasteiger partial charge is 0.280 e. The number of hydrogen-bond acceptors (Lipinski definition) is 3. The fourth-order valence-corrected chi connectivity index (χ4v) is 6.51. The molecule has 29 heavy (non-hydrogen) atoms. The van der Waals surface area contributed by atoms with Gasteiger partial charge in [-0.05, 0) is 110 Å². The number of rotatable bonds is 4. The van der Waals surface area contributed by atoms with Gasteiger partial charge in [0.1, 0.15) is 0 Å². The summed E-state index contributed by atoms with van der Waals surface area (Å²) in [6.07, 6.45) is 8.40. The third-order valence-corrected chi connectivity index (χ3v) is 7.80. The minimum Gasteiger partial charge on any atom is -0.295 e. The predicted octanol–water partition coefficient (Wildman–Crippen LogP) is 3.75. The topological polar surface area (TPSA) is 79.2 Å². The van der Waals surface area contributed by atoms with Crippen molar-refractivity contribution in [3.63, 3.8) is 0 Å². The number of carbonyl (C=O) groups excluding carboxylic acids is 1. The molecule has 7 heteroatoms.